The van der Waals surface area contributed by atoms with Crippen LogP contribution in [0, 0.1) is 11.8 Å². The van der Waals surface area contributed by atoms with Gasteiger partial charge in [-0.25, -0.2) is 4.98 Å². The maximum Gasteiger partial charge on any atom is 0.252 e. The summed E-state index contributed by atoms with van der Waals surface area (Å²) < 4.78 is 0. The zero-order valence-corrected chi connectivity index (χ0v) is 11.6. The molecule has 0 spiro atoms. The summed E-state index contributed by atoms with van der Waals surface area (Å²) in [5.41, 5.74) is 5.82. The average Bonchev–Trinajstić information content (AvgIpc) is 2.46. The summed E-state index contributed by atoms with van der Waals surface area (Å²) in [6, 6.07) is 3.45. The number of carbonyl (C=O) groups is 1. The van der Waals surface area contributed by atoms with Gasteiger partial charge in [-0.1, -0.05) is 26.2 Å². The van der Waals surface area contributed by atoms with Gasteiger partial charge in [0.05, 0.1) is 5.56 Å². The van der Waals surface area contributed by atoms with Crippen LogP contribution in [-0.4, -0.2) is 17.4 Å². The zero-order valence-electron chi connectivity index (χ0n) is 11.6. The van der Waals surface area contributed by atoms with Crippen LogP contribution in [0.1, 0.15) is 49.4 Å². The first kappa shape index (κ1) is 13.8. The summed E-state index contributed by atoms with van der Waals surface area (Å²) in [6.45, 7) is 3.16. The van der Waals surface area contributed by atoms with Crippen molar-refractivity contribution in [2.45, 2.75) is 39.0 Å². The van der Waals surface area contributed by atoms with E-state index in [1.54, 1.807) is 18.3 Å². The Hall–Kier alpha value is -1.58. The normalized spacial score (nSPS) is 23.0. The highest BCUT2D eigenvalue weighted by atomic mass is 16.1. The van der Waals surface area contributed by atoms with Crippen LogP contribution in [0.4, 0.5) is 5.82 Å². The molecule has 1 heterocycles. The number of pyridine rings is 1. The van der Waals surface area contributed by atoms with Gasteiger partial charge in [0.25, 0.3) is 5.91 Å². The number of nitrogens with one attached hydrogen (secondary N) is 1. The van der Waals surface area contributed by atoms with Crippen molar-refractivity contribution in [1.29, 1.82) is 0 Å². The van der Waals surface area contributed by atoms with E-state index >= 15 is 0 Å². The van der Waals surface area contributed by atoms with Crippen LogP contribution in [0.15, 0.2) is 18.3 Å². The number of primary amides is 1. The van der Waals surface area contributed by atoms with Crippen molar-refractivity contribution in [1.82, 2.24) is 4.98 Å². The minimum atomic E-state index is -0.426. The molecule has 0 aromatic carbocycles. The summed E-state index contributed by atoms with van der Waals surface area (Å²) in [7, 11) is 0. The molecular formula is C15H23N3O. The van der Waals surface area contributed by atoms with Gasteiger partial charge < -0.3 is 11.1 Å². The van der Waals surface area contributed by atoms with Crippen LogP contribution in [0.5, 0.6) is 0 Å². The van der Waals surface area contributed by atoms with Crippen LogP contribution in [-0.2, 0) is 0 Å². The number of rotatable bonds is 5. The second-order valence-electron chi connectivity index (χ2n) is 5.44. The lowest BCUT2D eigenvalue weighted by Crippen LogP contribution is -2.23. The largest absolute Gasteiger partial charge is 0.369 e. The van der Waals surface area contributed by atoms with Crippen molar-refractivity contribution in [3.8, 4) is 0 Å². The third-order valence-corrected chi connectivity index (χ3v) is 4.18. The Balaban J connectivity index is 1.88. The highest BCUT2D eigenvalue weighted by Crippen LogP contribution is 2.30. The maximum atomic E-state index is 11.3. The van der Waals surface area contributed by atoms with Gasteiger partial charge in [-0.3, -0.25) is 4.79 Å². The van der Waals surface area contributed by atoms with Crippen molar-refractivity contribution in [3.05, 3.63) is 23.9 Å². The number of nitrogens with two attached hydrogens (primary N) is 1. The average molecular weight is 261 g/mol. The van der Waals surface area contributed by atoms with Gasteiger partial charge in [0.15, 0.2) is 0 Å². The summed E-state index contributed by atoms with van der Waals surface area (Å²) >= 11 is 0. The van der Waals surface area contributed by atoms with Gasteiger partial charge >= 0.3 is 0 Å². The van der Waals surface area contributed by atoms with E-state index in [4.69, 9.17) is 5.73 Å². The van der Waals surface area contributed by atoms with E-state index in [-0.39, 0.29) is 0 Å². The molecule has 1 amide bonds. The van der Waals surface area contributed by atoms with E-state index in [9.17, 15) is 4.79 Å². The molecule has 1 aromatic rings. The van der Waals surface area contributed by atoms with Gasteiger partial charge in [0, 0.05) is 12.7 Å². The van der Waals surface area contributed by atoms with Crippen LogP contribution in [0.25, 0.3) is 0 Å². The lowest BCUT2D eigenvalue weighted by Gasteiger charge is -2.28. The molecule has 0 atom stereocenters. The quantitative estimate of drug-likeness (QED) is 0.856. The first-order chi connectivity index (χ1) is 9.20. The molecular weight excluding hydrogens is 238 g/mol. The number of hydrogen-bond acceptors (Lipinski definition) is 3. The molecule has 3 N–H and O–H groups in total. The van der Waals surface area contributed by atoms with Crippen LogP contribution in [0.2, 0.25) is 0 Å². The Bertz CT molecular complexity index is 425. The molecule has 104 valence electrons. The molecule has 0 aliphatic heterocycles. The molecule has 1 saturated carbocycles. The third-order valence-electron chi connectivity index (χ3n) is 4.18. The number of anilines is 1. The lowest BCUT2D eigenvalue weighted by atomic mass is 9.81. The molecule has 1 aliphatic rings. The van der Waals surface area contributed by atoms with Crippen LogP contribution < -0.4 is 11.1 Å². The lowest BCUT2D eigenvalue weighted by molar-refractivity contribution is 0.100. The Labute approximate surface area is 114 Å². The predicted octanol–water partition coefficient (Wildman–Crippen LogP) is 2.81. The van der Waals surface area contributed by atoms with E-state index in [1.165, 1.54) is 32.1 Å². The minimum Gasteiger partial charge on any atom is -0.369 e. The van der Waals surface area contributed by atoms with Gasteiger partial charge in [-0.15, -0.1) is 0 Å². The fourth-order valence-electron chi connectivity index (χ4n) is 2.83. The van der Waals surface area contributed by atoms with Crippen molar-refractivity contribution in [3.63, 3.8) is 0 Å². The standard InChI is InChI=1S/C15H23N3O/c1-2-11-5-7-12(8-6-11)10-18-15-13(14(16)19)4-3-9-17-15/h3-4,9,11-12H,2,5-8,10H2,1H3,(H2,16,19)(H,17,18). The first-order valence-electron chi connectivity index (χ1n) is 7.19. The SMILES string of the molecule is CCC1CCC(CNc2ncccc2C(N)=O)CC1. The summed E-state index contributed by atoms with van der Waals surface area (Å²) in [5.74, 6) is 1.79. The number of aromatic nitrogens is 1. The highest BCUT2D eigenvalue weighted by Gasteiger charge is 2.20. The van der Waals surface area contributed by atoms with E-state index in [1.807, 2.05) is 0 Å². The summed E-state index contributed by atoms with van der Waals surface area (Å²) in [4.78, 5) is 15.5. The van der Waals surface area contributed by atoms with Crippen LogP contribution >= 0.6 is 0 Å². The fraction of sp³-hybridized carbons (Fsp3) is 0.600. The topological polar surface area (TPSA) is 68.0 Å². The smallest absolute Gasteiger partial charge is 0.252 e. The van der Waals surface area contributed by atoms with Crippen molar-refractivity contribution >= 4 is 11.7 Å². The zero-order chi connectivity index (χ0) is 13.7. The molecule has 4 heteroatoms. The molecule has 4 nitrogen and oxygen atoms in total. The van der Waals surface area contributed by atoms with Gasteiger partial charge in [-0.05, 0) is 36.8 Å². The third kappa shape index (κ3) is 3.69. The van der Waals surface area contributed by atoms with Gasteiger partial charge in [0.2, 0.25) is 0 Å². The summed E-state index contributed by atoms with van der Waals surface area (Å²) in [5, 5.41) is 3.29. The predicted molar refractivity (Wildman–Crippen MR) is 77.0 cm³/mol. The van der Waals surface area contributed by atoms with E-state index in [0.717, 1.165) is 12.5 Å². The van der Waals surface area contributed by atoms with E-state index in [0.29, 0.717) is 17.3 Å². The Morgan fingerprint density at radius 3 is 2.68 bits per heavy atom. The van der Waals surface area contributed by atoms with Crippen molar-refractivity contribution in [2.75, 3.05) is 11.9 Å². The molecule has 19 heavy (non-hydrogen) atoms. The fourth-order valence-corrected chi connectivity index (χ4v) is 2.83. The van der Waals surface area contributed by atoms with Crippen molar-refractivity contribution < 1.29 is 4.79 Å². The number of amides is 1. The Kier molecular flexibility index (Phi) is 4.77. The van der Waals surface area contributed by atoms with Crippen molar-refractivity contribution in [2.24, 2.45) is 17.6 Å². The second kappa shape index (κ2) is 6.55. The summed E-state index contributed by atoms with van der Waals surface area (Å²) in [6.07, 6.45) is 8.17. The monoisotopic (exact) mass is 261 g/mol. The number of nitrogens with zero attached hydrogens (tertiary/aromatic N) is 1. The number of carbonyl (C=O) groups excluding carboxylic acids is 1. The minimum absolute atomic E-state index is 0.426. The maximum absolute atomic E-state index is 11.3. The van der Waals surface area contributed by atoms with Gasteiger partial charge in [-0.2, -0.15) is 0 Å². The van der Waals surface area contributed by atoms with Gasteiger partial charge in [0.1, 0.15) is 5.82 Å². The Morgan fingerprint density at radius 2 is 2.05 bits per heavy atom. The molecule has 0 bridgehead atoms. The highest BCUT2D eigenvalue weighted by molar-refractivity contribution is 5.97. The molecule has 2 rings (SSSR count). The molecule has 1 aromatic heterocycles. The second-order valence-corrected chi connectivity index (χ2v) is 5.44. The van der Waals surface area contributed by atoms with E-state index < -0.39 is 5.91 Å². The van der Waals surface area contributed by atoms with E-state index in [2.05, 4.69) is 17.2 Å². The molecule has 1 aliphatic carbocycles. The molecule has 0 unspecified atom stereocenters. The molecule has 0 saturated heterocycles. The van der Waals surface area contributed by atoms with Crippen LogP contribution in [0.3, 0.4) is 0 Å². The Morgan fingerprint density at radius 1 is 1.37 bits per heavy atom. The number of hydrogen-bond donors (Lipinski definition) is 2. The molecule has 1 fully saturated rings. The molecule has 0 radical (unpaired) electrons. The first-order valence-corrected chi connectivity index (χ1v) is 7.19.